The van der Waals surface area contributed by atoms with Crippen LogP contribution in [0.4, 0.5) is 4.79 Å². The van der Waals surface area contributed by atoms with Crippen molar-refractivity contribution in [3.63, 3.8) is 0 Å². The van der Waals surface area contributed by atoms with Gasteiger partial charge in [0.15, 0.2) is 0 Å². The van der Waals surface area contributed by atoms with Gasteiger partial charge in [0.25, 0.3) is 0 Å². The topological polar surface area (TPSA) is 93.3 Å². The third-order valence-electron chi connectivity index (χ3n) is 3.53. The van der Waals surface area contributed by atoms with Crippen molar-refractivity contribution in [2.45, 2.75) is 25.8 Å². The van der Waals surface area contributed by atoms with Gasteiger partial charge in [-0.2, -0.15) is 5.10 Å². The summed E-state index contributed by atoms with van der Waals surface area (Å²) >= 11 is 0. The molecule has 0 spiro atoms. The van der Waals surface area contributed by atoms with E-state index in [1.54, 1.807) is 6.20 Å². The zero-order valence-electron chi connectivity index (χ0n) is 11.5. The SMILES string of the molecule is NC(=O)N1CCC[C@@H](C(=O)NCCCn2cccn2)C1. The van der Waals surface area contributed by atoms with Crippen LogP contribution < -0.4 is 11.1 Å². The summed E-state index contributed by atoms with van der Waals surface area (Å²) in [5.74, 6) is -0.127. The minimum atomic E-state index is -0.443. The minimum absolute atomic E-state index is 0.0106. The Balaban J connectivity index is 1.67. The molecule has 1 aliphatic rings. The third kappa shape index (κ3) is 3.97. The van der Waals surface area contributed by atoms with Gasteiger partial charge in [-0.3, -0.25) is 9.48 Å². The third-order valence-corrected chi connectivity index (χ3v) is 3.53. The monoisotopic (exact) mass is 279 g/mol. The Kier molecular flexibility index (Phi) is 4.97. The molecule has 2 heterocycles. The summed E-state index contributed by atoms with van der Waals surface area (Å²) in [6, 6.07) is 1.43. The molecule has 1 fully saturated rings. The van der Waals surface area contributed by atoms with Crippen molar-refractivity contribution in [3.05, 3.63) is 18.5 Å². The fourth-order valence-corrected chi connectivity index (χ4v) is 2.42. The van der Waals surface area contributed by atoms with Crippen LogP contribution in [0.25, 0.3) is 0 Å². The van der Waals surface area contributed by atoms with Crippen LogP contribution in [-0.4, -0.2) is 46.3 Å². The molecule has 0 aliphatic carbocycles. The highest BCUT2D eigenvalue weighted by Crippen LogP contribution is 2.16. The number of hydrogen-bond acceptors (Lipinski definition) is 3. The van der Waals surface area contributed by atoms with Crippen LogP contribution in [0.5, 0.6) is 0 Å². The molecule has 7 nitrogen and oxygen atoms in total. The summed E-state index contributed by atoms with van der Waals surface area (Å²) in [5, 5.41) is 7.01. The minimum Gasteiger partial charge on any atom is -0.356 e. The lowest BCUT2D eigenvalue weighted by molar-refractivity contribution is -0.126. The number of urea groups is 1. The van der Waals surface area contributed by atoms with E-state index in [1.165, 1.54) is 4.90 Å². The second kappa shape index (κ2) is 6.93. The Labute approximate surface area is 118 Å². The molecular formula is C13H21N5O2. The number of piperidine rings is 1. The predicted octanol–water partition coefficient (Wildman–Crippen LogP) is 0.180. The smallest absolute Gasteiger partial charge is 0.314 e. The summed E-state index contributed by atoms with van der Waals surface area (Å²) in [6.07, 6.45) is 6.11. The van der Waals surface area contributed by atoms with Crippen molar-refractivity contribution in [2.24, 2.45) is 11.7 Å². The Bertz CT molecular complexity index is 446. The van der Waals surface area contributed by atoms with Crippen molar-refractivity contribution in [1.29, 1.82) is 0 Å². The first-order chi connectivity index (χ1) is 9.66. The first kappa shape index (κ1) is 14.4. The number of rotatable bonds is 5. The highest BCUT2D eigenvalue weighted by atomic mass is 16.2. The molecule has 3 N–H and O–H groups in total. The number of aromatic nitrogens is 2. The van der Waals surface area contributed by atoms with Crippen LogP contribution in [0.2, 0.25) is 0 Å². The molecular weight excluding hydrogens is 258 g/mol. The van der Waals surface area contributed by atoms with Crippen LogP contribution in [-0.2, 0) is 11.3 Å². The lowest BCUT2D eigenvalue weighted by Gasteiger charge is -2.30. The van der Waals surface area contributed by atoms with Gasteiger partial charge in [-0.05, 0) is 25.3 Å². The van der Waals surface area contributed by atoms with Gasteiger partial charge >= 0.3 is 6.03 Å². The molecule has 0 saturated carbocycles. The van der Waals surface area contributed by atoms with Crippen molar-refractivity contribution in [2.75, 3.05) is 19.6 Å². The number of nitrogens with two attached hydrogens (primary N) is 1. The van der Waals surface area contributed by atoms with E-state index in [4.69, 9.17) is 5.73 Å². The molecule has 0 radical (unpaired) electrons. The lowest BCUT2D eigenvalue weighted by atomic mass is 9.97. The fraction of sp³-hybridized carbons (Fsp3) is 0.615. The zero-order chi connectivity index (χ0) is 14.4. The van der Waals surface area contributed by atoms with Crippen molar-refractivity contribution >= 4 is 11.9 Å². The average Bonchev–Trinajstić information content (AvgIpc) is 2.96. The Morgan fingerprint density at radius 2 is 2.30 bits per heavy atom. The van der Waals surface area contributed by atoms with E-state index in [0.717, 1.165) is 25.8 Å². The standard InChI is InChI=1S/C13H21N5O2/c14-13(20)17-7-1-4-11(10-17)12(19)15-5-2-8-18-9-3-6-16-18/h3,6,9,11H,1-2,4-5,7-8,10H2,(H2,14,20)(H,15,19)/t11-/m1/s1. The maximum atomic E-state index is 12.0. The molecule has 1 aromatic rings. The number of carbonyl (C=O) groups excluding carboxylic acids is 2. The van der Waals surface area contributed by atoms with E-state index in [0.29, 0.717) is 19.6 Å². The van der Waals surface area contributed by atoms with E-state index in [9.17, 15) is 9.59 Å². The maximum absolute atomic E-state index is 12.0. The number of aryl methyl sites for hydroxylation is 1. The molecule has 1 saturated heterocycles. The maximum Gasteiger partial charge on any atom is 0.314 e. The molecule has 110 valence electrons. The summed E-state index contributed by atoms with van der Waals surface area (Å²) in [7, 11) is 0. The second-order valence-corrected chi connectivity index (χ2v) is 5.04. The van der Waals surface area contributed by atoms with E-state index >= 15 is 0 Å². The Hall–Kier alpha value is -2.05. The first-order valence-corrected chi connectivity index (χ1v) is 6.96. The highest BCUT2D eigenvalue weighted by Gasteiger charge is 2.26. The van der Waals surface area contributed by atoms with Crippen LogP contribution in [0.3, 0.4) is 0 Å². The van der Waals surface area contributed by atoms with E-state index in [2.05, 4.69) is 10.4 Å². The van der Waals surface area contributed by atoms with Crippen LogP contribution in [0, 0.1) is 5.92 Å². The van der Waals surface area contributed by atoms with E-state index in [-0.39, 0.29) is 11.8 Å². The number of nitrogens with one attached hydrogen (secondary N) is 1. The van der Waals surface area contributed by atoms with Gasteiger partial charge in [0, 0.05) is 38.6 Å². The van der Waals surface area contributed by atoms with Crippen molar-refractivity contribution in [1.82, 2.24) is 20.0 Å². The summed E-state index contributed by atoms with van der Waals surface area (Å²) in [6.45, 7) is 2.48. The molecule has 0 aromatic carbocycles. The number of nitrogens with zero attached hydrogens (tertiary/aromatic N) is 3. The van der Waals surface area contributed by atoms with Crippen LogP contribution >= 0.6 is 0 Å². The zero-order valence-corrected chi connectivity index (χ0v) is 11.5. The lowest BCUT2D eigenvalue weighted by Crippen LogP contribution is -2.47. The number of primary amides is 1. The molecule has 2 rings (SSSR count). The number of carbonyl (C=O) groups is 2. The quantitative estimate of drug-likeness (QED) is 0.753. The summed E-state index contributed by atoms with van der Waals surface area (Å²) in [5.41, 5.74) is 5.25. The van der Waals surface area contributed by atoms with E-state index < -0.39 is 6.03 Å². The molecule has 20 heavy (non-hydrogen) atoms. The van der Waals surface area contributed by atoms with Gasteiger partial charge in [-0.15, -0.1) is 0 Å². The van der Waals surface area contributed by atoms with Gasteiger partial charge in [0.1, 0.15) is 0 Å². The van der Waals surface area contributed by atoms with Gasteiger partial charge in [-0.25, -0.2) is 4.79 Å². The summed E-state index contributed by atoms with van der Waals surface area (Å²) < 4.78 is 1.83. The molecule has 7 heteroatoms. The van der Waals surface area contributed by atoms with Gasteiger partial charge < -0.3 is 16.0 Å². The predicted molar refractivity (Wildman–Crippen MR) is 73.7 cm³/mol. The Morgan fingerprint density at radius 3 is 3.00 bits per heavy atom. The molecule has 0 bridgehead atoms. The molecule has 0 unspecified atom stereocenters. The van der Waals surface area contributed by atoms with Crippen molar-refractivity contribution < 1.29 is 9.59 Å². The van der Waals surface area contributed by atoms with Crippen LogP contribution in [0.15, 0.2) is 18.5 Å². The van der Waals surface area contributed by atoms with Crippen molar-refractivity contribution in [3.8, 4) is 0 Å². The molecule has 1 atom stereocenters. The van der Waals surface area contributed by atoms with Gasteiger partial charge in [-0.1, -0.05) is 0 Å². The number of hydrogen-bond donors (Lipinski definition) is 2. The molecule has 3 amide bonds. The normalized spacial score (nSPS) is 18.8. The average molecular weight is 279 g/mol. The van der Waals surface area contributed by atoms with E-state index in [1.807, 2.05) is 16.9 Å². The number of likely N-dealkylation sites (tertiary alicyclic amines) is 1. The largest absolute Gasteiger partial charge is 0.356 e. The summed E-state index contributed by atoms with van der Waals surface area (Å²) in [4.78, 5) is 24.7. The highest BCUT2D eigenvalue weighted by molar-refractivity contribution is 5.80. The van der Waals surface area contributed by atoms with Crippen LogP contribution in [0.1, 0.15) is 19.3 Å². The molecule has 1 aliphatic heterocycles. The van der Waals surface area contributed by atoms with Gasteiger partial charge in [0.05, 0.1) is 5.92 Å². The molecule has 1 aromatic heterocycles. The Morgan fingerprint density at radius 1 is 1.45 bits per heavy atom. The number of amides is 3. The fourth-order valence-electron chi connectivity index (χ4n) is 2.42. The second-order valence-electron chi connectivity index (χ2n) is 5.04. The van der Waals surface area contributed by atoms with Gasteiger partial charge in [0.2, 0.25) is 5.91 Å². The first-order valence-electron chi connectivity index (χ1n) is 6.96.